The summed E-state index contributed by atoms with van der Waals surface area (Å²) in [7, 11) is 0. The number of benzene rings is 1. The summed E-state index contributed by atoms with van der Waals surface area (Å²) in [6.45, 7) is 3.31. The van der Waals surface area contributed by atoms with Crippen LogP contribution in [-0.2, 0) is 0 Å². The first-order valence-electron chi connectivity index (χ1n) is 6.21. The molecule has 1 heterocycles. The van der Waals surface area contributed by atoms with Crippen molar-refractivity contribution in [2.24, 2.45) is 0 Å². The predicted octanol–water partition coefficient (Wildman–Crippen LogP) is 2.77. The van der Waals surface area contributed by atoms with Gasteiger partial charge in [-0.1, -0.05) is 17.7 Å². The molecule has 0 unspecified atom stereocenters. The highest BCUT2D eigenvalue weighted by atomic mass is 35.5. The maximum atomic E-state index is 12.7. The zero-order valence-electron chi connectivity index (χ0n) is 10.6. The van der Waals surface area contributed by atoms with E-state index in [9.17, 15) is 9.50 Å². The number of alkyl halides is 1. The van der Waals surface area contributed by atoms with E-state index >= 15 is 0 Å². The topological polar surface area (TPSA) is 35.5 Å². The highest BCUT2D eigenvalue weighted by molar-refractivity contribution is 6.32. The molecule has 2 rings (SSSR count). The van der Waals surface area contributed by atoms with E-state index in [1.165, 1.54) is 0 Å². The SMILES string of the molecule is Cl.Oc1ccc([C@H](CCF)N2CCNCC2)cc1Cl. The van der Waals surface area contributed by atoms with E-state index in [2.05, 4.69) is 10.2 Å². The summed E-state index contributed by atoms with van der Waals surface area (Å²) in [6.07, 6.45) is 0.459. The molecule has 1 aromatic rings. The molecule has 0 saturated carbocycles. The van der Waals surface area contributed by atoms with E-state index in [-0.39, 0.29) is 30.9 Å². The lowest BCUT2D eigenvalue weighted by atomic mass is 10.0. The first kappa shape index (κ1) is 16.5. The van der Waals surface area contributed by atoms with Crippen LogP contribution < -0.4 is 5.32 Å². The van der Waals surface area contributed by atoms with Crippen LogP contribution in [0.5, 0.6) is 5.75 Å². The molecule has 0 spiro atoms. The molecule has 3 nitrogen and oxygen atoms in total. The minimum absolute atomic E-state index is 0. The molecule has 1 aliphatic rings. The Bertz CT molecular complexity index is 400. The van der Waals surface area contributed by atoms with Gasteiger partial charge in [-0.05, 0) is 24.1 Å². The monoisotopic (exact) mass is 308 g/mol. The number of nitrogens with one attached hydrogen (secondary N) is 1. The largest absolute Gasteiger partial charge is 0.506 e. The van der Waals surface area contributed by atoms with Crippen molar-refractivity contribution in [3.05, 3.63) is 28.8 Å². The lowest BCUT2D eigenvalue weighted by Crippen LogP contribution is -2.45. The Kier molecular flexibility index (Phi) is 6.86. The zero-order chi connectivity index (χ0) is 13.0. The lowest BCUT2D eigenvalue weighted by molar-refractivity contribution is 0.157. The molecular formula is C13H19Cl2FN2O. The second-order valence-corrected chi connectivity index (χ2v) is 4.90. The van der Waals surface area contributed by atoms with Crippen LogP contribution in [0.1, 0.15) is 18.0 Å². The fraction of sp³-hybridized carbons (Fsp3) is 0.538. The van der Waals surface area contributed by atoms with Gasteiger partial charge in [0.2, 0.25) is 0 Å². The molecule has 2 N–H and O–H groups in total. The van der Waals surface area contributed by atoms with Crippen molar-refractivity contribution in [1.29, 1.82) is 0 Å². The molecule has 1 fully saturated rings. The minimum Gasteiger partial charge on any atom is -0.506 e. The Balaban J connectivity index is 0.00000180. The number of phenols is 1. The minimum atomic E-state index is -0.354. The Morgan fingerprint density at radius 1 is 1.37 bits per heavy atom. The third-order valence-electron chi connectivity index (χ3n) is 3.33. The molecule has 0 aliphatic carbocycles. The van der Waals surface area contributed by atoms with E-state index in [1.54, 1.807) is 12.1 Å². The van der Waals surface area contributed by atoms with Crippen LogP contribution in [0, 0.1) is 0 Å². The normalized spacial score (nSPS) is 17.8. The molecule has 19 heavy (non-hydrogen) atoms. The molecular weight excluding hydrogens is 290 g/mol. The molecule has 1 aromatic carbocycles. The second-order valence-electron chi connectivity index (χ2n) is 4.49. The van der Waals surface area contributed by atoms with Gasteiger partial charge in [0.15, 0.2) is 0 Å². The third kappa shape index (κ3) is 4.21. The van der Waals surface area contributed by atoms with Gasteiger partial charge in [0.25, 0.3) is 0 Å². The van der Waals surface area contributed by atoms with E-state index in [1.807, 2.05) is 6.07 Å². The standard InChI is InChI=1S/C13H18ClFN2O.ClH/c14-11-9-10(1-2-13(11)18)12(3-4-15)17-7-5-16-6-8-17;/h1-2,9,12,16,18H,3-8H2;1H/t12-;/m0./s1. The van der Waals surface area contributed by atoms with Gasteiger partial charge in [0.1, 0.15) is 5.75 Å². The van der Waals surface area contributed by atoms with E-state index in [0.29, 0.717) is 11.4 Å². The van der Waals surface area contributed by atoms with Crippen LogP contribution in [0.4, 0.5) is 4.39 Å². The number of aromatic hydroxyl groups is 1. The van der Waals surface area contributed by atoms with Crippen LogP contribution >= 0.6 is 24.0 Å². The van der Waals surface area contributed by atoms with Crippen molar-refractivity contribution in [2.45, 2.75) is 12.5 Å². The summed E-state index contributed by atoms with van der Waals surface area (Å²) in [5.74, 6) is 0.0692. The summed E-state index contributed by atoms with van der Waals surface area (Å²) in [4.78, 5) is 2.26. The molecule has 0 radical (unpaired) electrons. The number of phenolic OH excluding ortho intramolecular Hbond substituents is 1. The molecule has 6 heteroatoms. The average Bonchev–Trinajstić information content (AvgIpc) is 2.40. The van der Waals surface area contributed by atoms with Gasteiger partial charge >= 0.3 is 0 Å². The molecule has 0 bridgehead atoms. The van der Waals surface area contributed by atoms with E-state index in [0.717, 1.165) is 31.7 Å². The smallest absolute Gasteiger partial charge is 0.134 e. The van der Waals surface area contributed by atoms with Crippen LogP contribution in [0.15, 0.2) is 18.2 Å². The Morgan fingerprint density at radius 2 is 2.05 bits per heavy atom. The maximum absolute atomic E-state index is 12.7. The van der Waals surface area contributed by atoms with Crippen molar-refractivity contribution in [1.82, 2.24) is 10.2 Å². The molecule has 0 aromatic heterocycles. The molecule has 1 aliphatic heterocycles. The first-order chi connectivity index (χ1) is 8.72. The van der Waals surface area contributed by atoms with Crippen LogP contribution in [0.25, 0.3) is 0 Å². The van der Waals surface area contributed by atoms with Gasteiger partial charge in [-0.3, -0.25) is 9.29 Å². The lowest BCUT2D eigenvalue weighted by Gasteiger charge is -2.35. The highest BCUT2D eigenvalue weighted by Gasteiger charge is 2.22. The van der Waals surface area contributed by atoms with Gasteiger partial charge in [0.05, 0.1) is 11.7 Å². The summed E-state index contributed by atoms with van der Waals surface area (Å²) < 4.78 is 12.7. The van der Waals surface area contributed by atoms with Crippen molar-refractivity contribution >= 4 is 24.0 Å². The van der Waals surface area contributed by atoms with Gasteiger partial charge in [-0.2, -0.15) is 0 Å². The summed E-state index contributed by atoms with van der Waals surface area (Å²) in [6, 6.07) is 5.17. The molecule has 1 atom stereocenters. The average molecular weight is 309 g/mol. The zero-order valence-corrected chi connectivity index (χ0v) is 12.2. The van der Waals surface area contributed by atoms with Crippen molar-refractivity contribution in [2.75, 3.05) is 32.9 Å². The second kappa shape index (κ2) is 7.90. The van der Waals surface area contributed by atoms with Gasteiger partial charge in [0, 0.05) is 32.2 Å². The number of nitrogens with zero attached hydrogens (tertiary/aromatic N) is 1. The van der Waals surface area contributed by atoms with Gasteiger partial charge < -0.3 is 10.4 Å². The number of piperazine rings is 1. The third-order valence-corrected chi connectivity index (χ3v) is 3.63. The number of hydrogen-bond acceptors (Lipinski definition) is 3. The summed E-state index contributed by atoms with van der Waals surface area (Å²) in [5.41, 5.74) is 0.970. The molecule has 1 saturated heterocycles. The van der Waals surface area contributed by atoms with Gasteiger partial charge in [-0.25, -0.2) is 0 Å². The quantitative estimate of drug-likeness (QED) is 0.898. The summed E-state index contributed by atoms with van der Waals surface area (Å²) >= 11 is 5.92. The van der Waals surface area contributed by atoms with Crippen LogP contribution in [0.3, 0.4) is 0 Å². The molecule has 108 valence electrons. The Morgan fingerprint density at radius 3 is 2.63 bits per heavy atom. The number of halogens is 3. The fourth-order valence-electron chi connectivity index (χ4n) is 2.39. The first-order valence-corrected chi connectivity index (χ1v) is 6.59. The maximum Gasteiger partial charge on any atom is 0.134 e. The van der Waals surface area contributed by atoms with Crippen molar-refractivity contribution in [3.63, 3.8) is 0 Å². The number of hydrogen-bond donors (Lipinski definition) is 2. The number of rotatable bonds is 4. The summed E-state index contributed by atoms with van der Waals surface area (Å²) in [5, 5.41) is 13.0. The van der Waals surface area contributed by atoms with E-state index < -0.39 is 0 Å². The fourth-order valence-corrected chi connectivity index (χ4v) is 2.58. The van der Waals surface area contributed by atoms with Crippen LogP contribution in [0.2, 0.25) is 5.02 Å². The van der Waals surface area contributed by atoms with E-state index in [4.69, 9.17) is 11.6 Å². The Hall–Kier alpha value is -0.550. The molecule has 0 amide bonds. The van der Waals surface area contributed by atoms with Crippen molar-refractivity contribution < 1.29 is 9.50 Å². The predicted molar refractivity (Wildman–Crippen MR) is 78.1 cm³/mol. The van der Waals surface area contributed by atoms with Crippen LogP contribution in [-0.4, -0.2) is 42.9 Å². The van der Waals surface area contributed by atoms with Crippen molar-refractivity contribution in [3.8, 4) is 5.75 Å². The van der Waals surface area contributed by atoms with Gasteiger partial charge in [-0.15, -0.1) is 12.4 Å². The highest BCUT2D eigenvalue weighted by Crippen LogP contribution is 2.31. The Labute approximate surface area is 124 Å².